The summed E-state index contributed by atoms with van der Waals surface area (Å²) in [6.45, 7) is 1.66. The number of aromatic nitrogens is 1. The van der Waals surface area contributed by atoms with Gasteiger partial charge in [-0.25, -0.2) is 10.4 Å². The molecule has 1 amide bonds. The van der Waals surface area contributed by atoms with Crippen molar-refractivity contribution in [2.75, 3.05) is 13.7 Å². The maximum absolute atomic E-state index is 12.0. The number of aryl methyl sites for hydroxylation is 1. The van der Waals surface area contributed by atoms with Gasteiger partial charge in [0.1, 0.15) is 23.2 Å². The van der Waals surface area contributed by atoms with Gasteiger partial charge in [0.15, 0.2) is 6.61 Å². The highest BCUT2D eigenvalue weighted by Gasteiger charge is 2.14. The van der Waals surface area contributed by atoms with Crippen LogP contribution in [0, 0.1) is 18.3 Å². The van der Waals surface area contributed by atoms with Gasteiger partial charge in [0, 0.05) is 28.4 Å². The normalized spacial score (nSPS) is 10.8. The number of hydrazone groups is 1. The predicted octanol–water partition coefficient (Wildman–Crippen LogP) is 3.96. The largest absolute Gasteiger partial charge is 0.467 e. The van der Waals surface area contributed by atoms with Crippen molar-refractivity contribution in [2.45, 2.75) is 13.5 Å². The van der Waals surface area contributed by atoms with Crippen molar-refractivity contribution in [3.63, 3.8) is 0 Å². The van der Waals surface area contributed by atoms with Crippen LogP contribution in [0.5, 0.6) is 5.88 Å². The molecule has 3 aromatic rings. The molecule has 1 N–H and O–H groups in total. The van der Waals surface area contributed by atoms with Crippen LogP contribution in [0.15, 0.2) is 56.5 Å². The summed E-state index contributed by atoms with van der Waals surface area (Å²) in [6, 6.07) is 15.0. The Morgan fingerprint density at radius 2 is 2.10 bits per heavy atom. The molecule has 3 rings (SSSR count). The lowest BCUT2D eigenvalue weighted by Gasteiger charge is -2.10. The Morgan fingerprint density at radius 3 is 2.81 bits per heavy atom. The topological polar surface area (TPSA) is 110 Å². The number of ether oxygens (including phenoxy) is 2. The Kier molecular flexibility index (Phi) is 7.54. The van der Waals surface area contributed by atoms with Gasteiger partial charge in [-0.05, 0) is 37.3 Å². The Bertz CT molecular complexity index is 1130. The summed E-state index contributed by atoms with van der Waals surface area (Å²) >= 11 is 3.39. The minimum absolute atomic E-state index is 0.0823. The van der Waals surface area contributed by atoms with Crippen molar-refractivity contribution in [3.8, 4) is 23.3 Å². The number of benzene rings is 1. The predicted molar refractivity (Wildman–Crippen MR) is 117 cm³/mol. The summed E-state index contributed by atoms with van der Waals surface area (Å²) < 4.78 is 17.2. The number of carbonyl (C=O) groups excluding carboxylic acids is 1. The number of hydrogen-bond acceptors (Lipinski definition) is 7. The molecule has 8 nitrogen and oxygen atoms in total. The molecule has 0 aliphatic rings. The second-order valence-corrected chi connectivity index (χ2v) is 7.35. The summed E-state index contributed by atoms with van der Waals surface area (Å²) in [7, 11) is 1.53. The highest BCUT2D eigenvalue weighted by atomic mass is 79.9. The van der Waals surface area contributed by atoms with Gasteiger partial charge in [-0.15, -0.1) is 0 Å². The molecule has 2 heterocycles. The van der Waals surface area contributed by atoms with Crippen LogP contribution in [-0.4, -0.2) is 30.8 Å². The Hall–Kier alpha value is -3.48. The third-order valence-corrected chi connectivity index (χ3v) is 4.61. The number of rotatable bonds is 8. The maximum atomic E-state index is 12.0. The first kappa shape index (κ1) is 22.2. The summed E-state index contributed by atoms with van der Waals surface area (Å²) in [5.41, 5.74) is 4.81. The average Bonchev–Trinajstić information content (AvgIpc) is 3.22. The number of pyridine rings is 1. The van der Waals surface area contributed by atoms with Crippen LogP contribution in [0.4, 0.5) is 0 Å². The van der Waals surface area contributed by atoms with Crippen LogP contribution < -0.4 is 10.2 Å². The molecule has 0 saturated heterocycles. The van der Waals surface area contributed by atoms with E-state index in [0.717, 1.165) is 10.0 Å². The molecule has 0 aliphatic carbocycles. The number of amides is 1. The molecule has 9 heteroatoms. The monoisotopic (exact) mass is 482 g/mol. The molecule has 158 valence electrons. The van der Waals surface area contributed by atoms with Gasteiger partial charge >= 0.3 is 0 Å². The zero-order valence-electron chi connectivity index (χ0n) is 16.9. The number of carbonyl (C=O) groups is 1. The smallest absolute Gasteiger partial charge is 0.278 e. The molecule has 0 aliphatic heterocycles. The molecule has 0 unspecified atom stereocenters. The molecule has 0 spiro atoms. The summed E-state index contributed by atoms with van der Waals surface area (Å²) in [4.78, 5) is 16.2. The summed E-state index contributed by atoms with van der Waals surface area (Å²) in [6.07, 6.45) is 1.39. The van der Waals surface area contributed by atoms with E-state index in [2.05, 4.69) is 31.4 Å². The maximum Gasteiger partial charge on any atom is 0.278 e. The van der Waals surface area contributed by atoms with Crippen LogP contribution in [-0.2, 0) is 16.1 Å². The van der Waals surface area contributed by atoms with Gasteiger partial charge in [0.25, 0.3) is 5.91 Å². The van der Waals surface area contributed by atoms with Crippen LogP contribution in [0.3, 0.4) is 0 Å². The van der Waals surface area contributed by atoms with E-state index in [1.165, 1.54) is 13.3 Å². The Morgan fingerprint density at radius 1 is 1.32 bits per heavy atom. The fourth-order valence-corrected chi connectivity index (χ4v) is 2.99. The first-order valence-electron chi connectivity index (χ1n) is 9.20. The molecule has 2 aromatic heterocycles. The van der Waals surface area contributed by atoms with E-state index in [9.17, 15) is 10.1 Å². The van der Waals surface area contributed by atoms with Crippen molar-refractivity contribution in [1.82, 2.24) is 10.4 Å². The second kappa shape index (κ2) is 10.5. The number of furan rings is 1. The molecular weight excluding hydrogens is 464 g/mol. The summed E-state index contributed by atoms with van der Waals surface area (Å²) in [5, 5.41) is 13.3. The van der Waals surface area contributed by atoms with E-state index in [1.54, 1.807) is 19.1 Å². The minimum Gasteiger partial charge on any atom is -0.467 e. The van der Waals surface area contributed by atoms with E-state index in [0.29, 0.717) is 22.8 Å². The molecule has 0 bridgehead atoms. The zero-order valence-corrected chi connectivity index (χ0v) is 18.5. The average molecular weight is 483 g/mol. The quantitative estimate of drug-likeness (QED) is 0.384. The van der Waals surface area contributed by atoms with Crippen LogP contribution >= 0.6 is 15.9 Å². The number of nitrogens with one attached hydrogen (secondary N) is 1. The first-order valence-corrected chi connectivity index (χ1v) is 9.99. The highest BCUT2D eigenvalue weighted by molar-refractivity contribution is 9.10. The van der Waals surface area contributed by atoms with E-state index in [4.69, 9.17) is 13.9 Å². The van der Waals surface area contributed by atoms with Crippen molar-refractivity contribution in [1.29, 1.82) is 5.26 Å². The van der Waals surface area contributed by atoms with Crippen molar-refractivity contribution in [3.05, 3.63) is 69.5 Å². The fourth-order valence-electron chi connectivity index (χ4n) is 2.73. The van der Waals surface area contributed by atoms with E-state index in [-0.39, 0.29) is 24.7 Å². The molecule has 0 radical (unpaired) electrons. The number of halogens is 1. The number of hydrogen-bond donors (Lipinski definition) is 1. The fraction of sp³-hybridized carbons (Fsp3) is 0.182. The lowest BCUT2D eigenvalue weighted by Crippen LogP contribution is -2.25. The molecule has 31 heavy (non-hydrogen) atoms. The minimum atomic E-state index is -0.503. The van der Waals surface area contributed by atoms with Gasteiger partial charge < -0.3 is 13.9 Å². The zero-order chi connectivity index (χ0) is 22.2. The molecule has 0 atom stereocenters. The lowest BCUT2D eigenvalue weighted by atomic mass is 10.1. The van der Waals surface area contributed by atoms with Gasteiger partial charge in [-0.3, -0.25) is 4.79 Å². The third-order valence-electron chi connectivity index (χ3n) is 4.08. The van der Waals surface area contributed by atoms with Gasteiger partial charge in [-0.2, -0.15) is 10.4 Å². The molecule has 0 saturated carbocycles. The summed E-state index contributed by atoms with van der Waals surface area (Å²) in [5.74, 6) is 0.746. The van der Waals surface area contributed by atoms with E-state index in [1.807, 2.05) is 36.4 Å². The number of nitrogens with zero attached hydrogens (tertiary/aromatic N) is 3. The Labute approximate surface area is 187 Å². The molecule has 0 fully saturated rings. The highest BCUT2D eigenvalue weighted by Crippen LogP contribution is 2.23. The third kappa shape index (κ3) is 6.01. The van der Waals surface area contributed by atoms with Gasteiger partial charge in [0.05, 0.1) is 12.8 Å². The number of nitriles is 1. The molecular formula is C22H19BrN4O4. The van der Waals surface area contributed by atoms with Crippen LogP contribution in [0.1, 0.15) is 22.6 Å². The second-order valence-electron chi connectivity index (χ2n) is 6.44. The van der Waals surface area contributed by atoms with Crippen LogP contribution in [0.2, 0.25) is 0 Å². The Balaban J connectivity index is 1.57. The van der Waals surface area contributed by atoms with E-state index < -0.39 is 5.91 Å². The van der Waals surface area contributed by atoms with Crippen molar-refractivity contribution < 1.29 is 18.7 Å². The SMILES string of the molecule is COCc1cc(C)nc(OCC(=O)N/N=C\c2ccc(-c3ccc(Br)cc3)o2)c1C#N. The first-order chi connectivity index (χ1) is 15.0. The van der Waals surface area contributed by atoms with Crippen LogP contribution in [0.25, 0.3) is 11.3 Å². The lowest BCUT2D eigenvalue weighted by molar-refractivity contribution is -0.123. The number of methoxy groups -OCH3 is 1. The van der Waals surface area contributed by atoms with Gasteiger partial charge in [-0.1, -0.05) is 28.1 Å². The van der Waals surface area contributed by atoms with Crippen molar-refractivity contribution >= 4 is 28.1 Å². The van der Waals surface area contributed by atoms with Crippen molar-refractivity contribution in [2.24, 2.45) is 5.10 Å². The molecule has 1 aromatic carbocycles. The standard InChI is InChI=1S/C22H19BrN4O4/c1-14-9-16(12-29-2)19(10-24)22(26-14)30-13-21(28)27-25-11-18-7-8-20(31-18)15-3-5-17(23)6-4-15/h3-9,11H,12-13H2,1-2H3,(H,27,28)/b25-11-. The van der Waals surface area contributed by atoms with E-state index >= 15 is 0 Å². The van der Waals surface area contributed by atoms with Gasteiger partial charge in [0.2, 0.25) is 5.88 Å².